The Morgan fingerprint density at radius 1 is 1.00 bits per heavy atom. The molecule has 0 aliphatic heterocycles. The van der Waals surface area contributed by atoms with E-state index in [0.717, 1.165) is 5.56 Å². The van der Waals surface area contributed by atoms with Gasteiger partial charge < -0.3 is 14.2 Å². The molecule has 1 rings (SSSR count). The van der Waals surface area contributed by atoms with Crippen molar-refractivity contribution in [3.8, 4) is 17.2 Å². The quantitative estimate of drug-likeness (QED) is 0.733. The van der Waals surface area contributed by atoms with Crippen molar-refractivity contribution in [2.75, 3.05) is 21.3 Å². The van der Waals surface area contributed by atoms with Crippen LogP contribution in [0.5, 0.6) is 17.2 Å². The van der Waals surface area contributed by atoms with Gasteiger partial charge in [0.2, 0.25) is 5.75 Å². The third-order valence-electron chi connectivity index (χ3n) is 1.88. The van der Waals surface area contributed by atoms with Crippen LogP contribution in [0.3, 0.4) is 0 Å². The van der Waals surface area contributed by atoms with Crippen LogP contribution in [-0.4, -0.2) is 21.3 Å². The molecule has 0 saturated carbocycles. The molecule has 0 amide bonds. The molecule has 1 aromatic rings. The van der Waals surface area contributed by atoms with Crippen molar-refractivity contribution < 1.29 is 14.2 Å². The fraction of sp³-hybridized carbons (Fsp3) is 0.273. The van der Waals surface area contributed by atoms with Crippen molar-refractivity contribution in [3.05, 3.63) is 24.3 Å². The van der Waals surface area contributed by atoms with Crippen molar-refractivity contribution in [2.24, 2.45) is 0 Å². The summed E-state index contributed by atoms with van der Waals surface area (Å²) in [5.74, 6) is 1.77. The Kier molecular flexibility index (Phi) is 3.40. The van der Waals surface area contributed by atoms with Gasteiger partial charge in [0.05, 0.1) is 21.3 Å². The molecule has 1 aromatic carbocycles. The standard InChI is InChI=1S/C11H13O3/c1-5-8-6-9(12-2)11(14-4)10(7-8)13-3/h1,5-7H,2-4H3. The molecule has 3 heteroatoms. The molecule has 14 heavy (non-hydrogen) atoms. The molecule has 0 spiro atoms. The van der Waals surface area contributed by atoms with Crippen LogP contribution in [0.25, 0.3) is 6.08 Å². The molecule has 0 unspecified atom stereocenters. The van der Waals surface area contributed by atoms with Crippen LogP contribution in [0, 0.1) is 6.58 Å². The van der Waals surface area contributed by atoms with Gasteiger partial charge in [-0.05, 0) is 17.7 Å². The van der Waals surface area contributed by atoms with Crippen LogP contribution >= 0.6 is 0 Å². The van der Waals surface area contributed by atoms with Gasteiger partial charge in [0.15, 0.2) is 11.5 Å². The first kappa shape index (κ1) is 10.4. The molecular weight excluding hydrogens is 180 g/mol. The molecule has 0 bridgehead atoms. The lowest BCUT2D eigenvalue weighted by Crippen LogP contribution is -1.95. The highest BCUT2D eigenvalue weighted by atomic mass is 16.5. The Hall–Kier alpha value is -1.64. The van der Waals surface area contributed by atoms with E-state index in [1.165, 1.54) is 6.08 Å². The van der Waals surface area contributed by atoms with Crippen molar-refractivity contribution in [1.29, 1.82) is 0 Å². The Bertz CT molecular complexity index is 306. The second-order valence-corrected chi connectivity index (χ2v) is 2.63. The van der Waals surface area contributed by atoms with Gasteiger partial charge in [-0.1, -0.05) is 12.7 Å². The predicted molar refractivity (Wildman–Crippen MR) is 54.9 cm³/mol. The molecular formula is C11H13O3. The van der Waals surface area contributed by atoms with Gasteiger partial charge in [-0.15, -0.1) is 0 Å². The second kappa shape index (κ2) is 4.56. The van der Waals surface area contributed by atoms with Gasteiger partial charge in [-0.2, -0.15) is 0 Å². The molecule has 0 N–H and O–H groups in total. The molecule has 0 heterocycles. The monoisotopic (exact) mass is 193 g/mol. The molecule has 0 saturated heterocycles. The summed E-state index contributed by atoms with van der Waals surface area (Å²) in [6, 6.07) is 3.56. The maximum atomic E-state index is 5.41. The predicted octanol–water partition coefficient (Wildman–Crippen LogP) is 2.16. The van der Waals surface area contributed by atoms with E-state index in [-0.39, 0.29) is 0 Å². The van der Waals surface area contributed by atoms with Gasteiger partial charge in [0.1, 0.15) is 0 Å². The summed E-state index contributed by atoms with van der Waals surface area (Å²) in [5.41, 5.74) is 0.819. The summed E-state index contributed by atoms with van der Waals surface area (Å²) < 4.78 is 15.4. The fourth-order valence-corrected chi connectivity index (χ4v) is 1.20. The van der Waals surface area contributed by atoms with E-state index < -0.39 is 0 Å². The molecule has 0 aromatic heterocycles. The van der Waals surface area contributed by atoms with Crippen molar-refractivity contribution in [2.45, 2.75) is 0 Å². The fourth-order valence-electron chi connectivity index (χ4n) is 1.20. The summed E-state index contributed by atoms with van der Waals surface area (Å²) in [7, 11) is 4.70. The summed E-state index contributed by atoms with van der Waals surface area (Å²) in [6.07, 6.45) is 1.48. The van der Waals surface area contributed by atoms with Gasteiger partial charge in [0.25, 0.3) is 0 Å². The van der Waals surface area contributed by atoms with Gasteiger partial charge in [-0.3, -0.25) is 0 Å². The van der Waals surface area contributed by atoms with Crippen molar-refractivity contribution in [3.63, 3.8) is 0 Å². The molecule has 3 nitrogen and oxygen atoms in total. The highest BCUT2D eigenvalue weighted by Crippen LogP contribution is 2.38. The lowest BCUT2D eigenvalue weighted by molar-refractivity contribution is 0.324. The minimum Gasteiger partial charge on any atom is -0.493 e. The average molecular weight is 193 g/mol. The zero-order valence-electron chi connectivity index (χ0n) is 8.53. The second-order valence-electron chi connectivity index (χ2n) is 2.63. The van der Waals surface area contributed by atoms with Gasteiger partial charge >= 0.3 is 0 Å². The van der Waals surface area contributed by atoms with Crippen LogP contribution < -0.4 is 14.2 Å². The Balaban J connectivity index is 3.31. The Morgan fingerprint density at radius 2 is 1.50 bits per heavy atom. The van der Waals surface area contributed by atoms with E-state index in [9.17, 15) is 0 Å². The minimum absolute atomic E-state index is 0.570. The molecule has 0 aliphatic carbocycles. The molecule has 0 aliphatic rings. The molecule has 0 atom stereocenters. The van der Waals surface area contributed by atoms with E-state index in [4.69, 9.17) is 20.8 Å². The Morgan fingerprint density at radius 3 is 1.79 bits per heavy atom. The Labute approximate surface area is 83.9 Å². The summed E-state index contributed by atoms with van der Waals surface area (Å²) in [5, 5.41) is 0. The van der Waals surface area contributed by atoms with Crippen LogP contribution in [0.15, 0.2) is 12.1 Å². The van der Waals surface area contributed by atoms with E-state index in [0.29, 0.717) is 17.2 Å². The van der Waals surface area contributed by atoms with Gasteiger partial charge in [-0.25, -0.2) is 0 Å². The summed E-state index contributed by atoms with van der Waals surface area (Å²) >= 11 is 0. The van der Waals surface area contributed by atoms with Crippen LogP contribution in [0.4, 0.5) is 0 Å². The highest BCUT2D eigenvalue weighted by Gasteiger charge is 2.11. The minimum atomic E-state index is 0.570. The smallest absolute Gasteiger partial charge is 0.203 e. The maximum absolute atomic E-state index is 5.41. The zero-order valence-corrected chi connectivity index (χ0v) is 8.53. The average Bonchev–Trinajstić information content (AvgIpc) is 2.26. The summed E-state index contributed by atoms with van der Waals surface area (Å²) in [4.78, 5) is 0. The van der Waals surface area contributed by atoms with Gasteiger partial charge in [0, 0.05) is 0 Å². The van der Waals surface area contributed by atoms with Crippen LogP contribution in [0.2, 0.25) is 0 Å². The SMILES string of the molecule is [CH]=Cc1cc(OC)c(OC)c(OC)c1. The lowest BCUT2D eigenvalue weighted by atomic mass is 10.2. The van der Waals surface area contributed by atoms with E-state index in [1.54, 1.807) is 33.5 Å². The number of ether oxygens (including phenoxy) is 3. The van der Waals surface area contributed by atoms with E-state index in [2.05, 4.69) is 0 Å². The lowest BCUT2D eigenvalue weighted by Gasteiger charge is -2.12. The number of methoxy groups -OCH3 is 3. The number of rotatable bonds is 4. The summed E-state index contributed by atoms with van der Waals surface area (Å²) in [6.45, 7) is 5.41. The maximum Gasteiger partial charge on any atom is 0.203 e. The van der Waals surface area contributed by atoms with E-state index >= 15 is 0 Å². The number of hydrogen-bond donors (Lipinski definition) is 0. The van der Waals surface area contributed by atoms with Crippen molar-refractivity contribution >= 4 is 6.08 Å². The molecule has 0 fully saturated rings. The topological polar surface area (TPSA) is 27.7 Å². The highest BCUT2D eigenvalue weighted by molar-refractivity contribution is 5.60. The normalized spacial score (nSPS) is 9.36. The van der Waals surface area contributed by atoms with Crippen molar-refractivity contribution in [1.82, 2.24) is 0 Å². The number of hydrogen-bond acceptors (Lipinski definition) is 3. The van der Waals surface area contributed by atoms with Crippen LogP contribution in [-0.2, 0) is 0 Å². The zero-order chi connectivity index (χ0) is 10.6. The number of benzene rings is 1. The first-order valence-electron chi connectivity index (χ1n) is 4.11. The largest absolute Gasteiger partial charge is 0.493 e. The first-order chi connectivity index (χ1) is 6.76. The molecule has 75 valence electrons. The third kappa shape index (κ3) is 1.82. The molecule has 1 radical (unpaired) electrons. The van der Waals surface area contributed by atoms with E-state index in [1.807, 2.05) is 0 Å². The van der Waals surface area contributed by atoms with Crippen LogP contribution in [0.1, 0.15) is 5.56 Å². The first-order valence-corrected chi connectivity index (χ1v) is 4.11. The third-order valence-corrected chi connectivity index (χ3v) is 1.88.